The van der Waals surface area contributed by atoms with E-state index in [-0.39, 0.29) is 47.7 Å². The lowest BCUT2D eigenvalue weighted by molar-refractivity contribution is -0.144. The van der Waals surface area contributed by atoms with Crippen LogP contribution in [-0.4, -0.2) is 90.5 Å². The second-order valence-electron chi connectivity index (χ2n) is 18.2. The van der Waals surface area contributed by atoms with Crippen LogP contribution in [0.3, 0.4) is 0 Å². The van der Waals surface area contributed by atoms with Gasteiger partial charge >= 0.3 is 6.03 Å². The van der Waals surface area contributed by atoms with Crippen LogP contribution in [0.25, 0.3) is 0 Å². The molecule has 2 aliphatic heterocycles. The molecule has 5 amide bonds. The van der Waals surface area contributed by atoms with Gasteiger partial charge in [0.15, 0.2) is 0 Å². The van der Waals surface area contributed by atoms with Crippen molar-refractivity contribution in [2.45, 2.75) is 141 Å². The quantitative estimate of drug-likeness (QED) is 0.237. The first-order valence-electron chi connectivity index (χ1n) is 19.4. The zero-order chi connectivity index (χ0) is 38.5. The van der Waals surface area contributed by atoms with Crippen LogP contribution in [0.1, 0.15) is 105 Å². The molecule has 1 saturated heterocycles. The Balaban J connectivity index is 1.17. The van der Waals surface area contributed by atoms with Crippen molar-refractivity contribution in [3.8, 4) is 0 Å². The van der Waals surface area contributed by atoms with Crippen molar-refractivity contribution >= 4 is 39.6 Å². The Bertz CT molecular complexity index is 1710. The maximum Gasteiger partial charge on any atom is 0.315 e. The lowest BCUT2D eigenvalue weighted by Gasteiger charge is -2.38. The normalized spacial score (nSPS) is 25.7. The average molecular weight is 755 g/mol. The van der Waals surface area contributed by atoms with Gasteiger partial charge in [0.05, 0.1) is 10.9 Å². The molecule has 2 heterocycles. The SMILES string of the molecule is CC(C)(C)[C@H](NC(=O)N[C@H](CN1Cc2ccccc2S1(=O)=O)C(C)(C)C)C(=O)N1C[C@@H]2CCC[C@@H]2[C@H]1C(=O)NC(CC1CCC1)C(=O)C(=O)NC1CC1. The first-order valence-corrected chi connectivity index (χ1v) is 20.9. The number of likely N-dealkylation sites (tertiary alicyclic amines) is 1. The molecule has 0 spiro atoms. The topological polar surface area (TPSA) is 174 Å². The van der Waals surface area contributed by atoms with Crippen molar-refractivity contribution < 1.29 is 32.4 Å². The lowest BCUT2D eigenvalue weighted by atomic mass is 9.80. The molecule has 4 fully saturated rings. The van der Waals surface area contributed by atoms with Gasteiger partial charge in [-0.15, -0.1) is 0 Å². The first kappa shape index (κ1) is 39.2. The van der Waals surface area contributed by atoms with Crippen LogP contribution >= 0.6 is 0 Å². The molecule has 0 bridgehead atoms. The molecule has 53 heavy (non-hydrogen) atoms. The molecule has 6 atom stereocenters. The fourth-order valence-corrected chi connectivity index (χ4v) is 10.1. The van der Waals surface area contributed by atoms with E-state index in [1.807, 2.05) is 41.5 Å². The molecular formula is C39H58N6O7S. The number of hydrogen-bond acceptors (Lipinski definition) is 7. The number of nitrogens with one attached hydrogen (secondary N) is 4. The van der Waals surface area contributed by atoms with Crippen molar-refractivity contribution in [1.82, 2.24) is 30.5 Å². The van der Waals surface area contributed by atoms with Crippen LogP contribution in [0.15, 0.2) is 29.2 Å². The molecule has 5 aliphatic rings. The molecule has 6 rings (SSSR count). The number of ketones is 1. The van der Waals surface area contributed by atoms with E-state index in [1.165, 1.54) is 4.31 Å². The number of hydrogen-bond donors (Lipinski definition) is 4. The first-order chi connectivity index (χ1) is 24.8. The number of Topliss-reactive ketones (excluding diaryl/α,β-unsaturated/α-hetero) is 1. The number of sulfonamides is 1. The average Bonchev–Trinajstić information content (AvgIpc) is 3.52. The Morgan fingerprint density at radius 3 is 2.13 bits per heavy atom. The Morgan fingerprint density at radius 1 is 0.849 bits per heavy atom. The van der Waals surface area contributed by atoms with E-state index in [1.54, 1.807) is 29.2 Å². The van der Waals surface area contributed by atoms with Crippen molar-refractivity contribution in [2.24, 2.45) is 28.6 Å². The molecule has 0 radical (unpaired) electrons. The second-order valence-corrected chi connectivity index (χ2v) is 20.1. The highest BCUT2D eigenvalue weighted by Gasteiger charge is 2.52. The minimum absolute atomic E-state index is 0.0109. The van der Waals surface area contributed by atoms with Crippen molar-refractivity contribution in [3.63, 3.8) is 0 Å². The largest absolute Gasteiger partial charge is 0.347 e. The molecule has 4 N–H and O–H groups in total. The number of carbonyl (C=O) groups is 5. The number of fused-ring (bicyclic) bond motifs is 2. The van der Waals surface area contributed by atoms with Crippen LogP contribution in [0, 0.1) is 28.6 Å². The van der Waals surface area contributed by atoms with E-state index >= 15 is 0 Å². The van der Waals surface area contributed by atoms with Gasteiger partial charge in [-0.05, 0) is 72.3 Å². The van der Waals surface area contributed by atoms with Gasteiger partial charge in [0.1, 0.15) is 12.1 Å². The summed E-state index contributed by atoms with van der Waals surface area (Å²) in [6, 6.07) is 2.86. The van der Waals surface area contributed by atoms with Crippen LogP contribution in [0.5, 0.6) is 0 Å². The fourth-order valence-electron chi connectivity index (χ4n) is 8.41. The maximum absolute atomic E-state index is 14.6. The molecule has 0 aromatic heterocycles. The van der Waals surface area contributed by atoms with Gasteiger partial charge in [-0.1, -0.05) is 85.4 Å². The van der Waals surface area contributed by atoms with Gasteiger partial charge in [-0.25, -0.2) is 13.2 Å². The third-order valence-corrected chi connectivity index (χ3v) is 14.0. The van der Waals surface area contributed by atoms with Crippen molar-refractivity contribution in [2.75, 3.05) is 13.1 Å². The number of nitrogens with zero attached hydrogens (tertiary/aromatic N) is 2. The number of urea groups is 1. The van der Waals surface area contributed by atoms with E-state index in [0.717, 1.165) is 51.4 Å². The second kappa shape index (κ2) is 15.0. The van der Waals surface area contributed by atoms with Gasteiger partial charge in [-0.3, -0.25) is 19.2 Å². The van der Waals surface area contributed by atoms with Crippen LogP contribution in [-0.2, 0) is 35.7 Å². The zero-order valence-corrected chi connectivity index (χ0v) is 32.9. The Labute approximate surface area is 314 Å². The van der Waals surface area contributed by atoms with E-state index in [4.69, 9.17) is 0 Å². The summed E-state index contributed by atoms with van der Waals surface area (Å²) < 4.78 is 28.1. The molecule has 1 aromatic carbocycles. The number of carbonyl (C=O) groups excluding carboxylic acids is 5. The summed E-state index contributed by atoms with van der Waals surface area (Å²) in [5.74, 6) is -1.85. The van der Waals surface area contributed by atoms with Crippen molar-refractivity contribution in [3.05, 3.63) is 29.8 Å². The number of amides is 5. The Morgan fingerprint density at radius 2 is 1.53 bits per heavy atom. The van der Waals surface area contributed by atoms with Gasteiger partial charge < -0.3 is 26.2 Å². The standard InChI is InChI=1S/C39H58N6O7S/c1-38(2,3)30(22-44-20-25-13-7-8-16-29(25)53(44,51)52)42-37(50)43-33(39(4,5)6)36(49)45-21-24-14-10-15-27(24)31(45)34(47)41-28(19-23-11-9-12-23)32(46)35(48)40-26-17-18-26/h7-8,13,16,23-24,26-28,30-31,33H,9-12,14-15,17-22H2,1-6H3,(H,40,48)(H,41,47)(H2,42,43,50)/t24-,27-,28?,30+,31-,33+/m0/s1. The van der Waals surface area contributed by atoms with Gasteiger partial charge in [-0.2, -0.15) is 4.31 Å². The van der Waals surface area contributed by atoms with Crippen LogP contribution in [0.2, 0.25) is 0 Å². The number of benzene rings is 1. The summed E-state index contributed by atoms with van der Waals surface area (Å²) in [6.45, 7) is 11.9. The molecule has 3 aliphatic carbocycles. The highest BCUT2D eigenvalue weighted by molar-refractivity contribution is 7.89. The molecule has 1 unspecified atom stereocenters. The Kier molecular flexibility index (Phi) is 11.1. The summed E-state index contributed by atoms with van der Waals surface area (Å²) in [6.07, 6.45) is 7.59. The fraction of sp³-hybridized carbons (Fsp3) is 0.718. The van der Waals surface area contributed by atoms with E-state index in [9.17, 15) is 32.4 Å². The summed E-state index contributed by atoms with van der Waals surface area (Å²) in [7, 11) is -3.74. The zero-order valence-electron chi connectivity index (χ0n) is 32.1. The van der Waals surface area contributed by atoms with E-state index in [2.05, 4.69) is 21.3 Å². The van der Waals surface area contributed by atoms with Gasteiger partial charge in [0.25, 0.3) is 5.91 Å². The highest BCUT2D eigenvalue weighted by Crippen LogP contribution is 2.43. The van der Waals surface area contributed by atoms with Gasteiger partial charge in [0, 0.05) is 31.7 Å². The highest BCUT2D eigenvalue weighted by atomic mass is 32.2. The smallest absolute Gasteiger partial charge is 0.315 e. The third kappa shape index (κ3) is 8.58. The lowest BCUT2D eigenvalue weighted by Crippen LogP contribution is -2.62. The van der Waals surface area contributed by atoms with E-state index in [0.29, 0.717) is 18.5 Å². The van der Waals surface area contributed by atoms with E-state index < -0.39 is 68.6 Å². The molecule has 3 saturated carbocycles. The number of rotatable bonds is 12. The predicted octanol–water partition coefficient (Wildman–Crippen LogP) is 3.47. The van der Waals surface area contributed by atoms with Crippen molar-refractivity contribution in [1.29, 1.82) is 0 Å². The summed E-state index contributed by atoms with van der Waals surface area (Å²) in [5.41, 5.74) is -0.590. The Hall–Kier alpha value is -3.52. The minimum atomic E-state index is -3.74. The summed E-state index contributed by atoms with van der Waals surface area (Å²) in [5, 5.41) is 11.6. The molecule has 292 valence electrons. The predicted molar refractivity (Wildman–Crippen MR) is 199 cm³/mol. The molecule has 1 aromatic rings. The van der Waals surface area contributed by atoms with Crippen LogP contribution < -0.4 is 21.3 Å². The maximum atomic E-state index is 14.6. The van der Waals surface area contributed by atoms with Crippen LogP contribution in [0.4, 0.5) is 4.79 Å². The monoisotopic (exact) mass is 754 g/mol. The molecule has 13 nitrogen and oxygen atoms in total. The minimum Gasteiger partial charge on any atom is -0.347 e. The van der Waals surface area contributed by atoms with Gasteiger partial charge in [0.2, 0.25) is 27.6 Å². The summed E-state index contributed by atoms with van der Waals surface area (Å²) >= 11 is 0. The molecular weight excluding hydrogens is 697 g/mol. The molecule has 14 heteroatoms. The third-order valence-electron chi connectivity index (χ3n) is 12.1. The summed E-state index contributed by atoms with van der Waals surface area (Å²) in [4.78, 5) is 70.8.